The number of hydrogen-bond donors (Lipinski definition) is 1. The minimum absolute atomic E-state index is 0.484. The van der Waals surface area contributed by atoms with E-state index in [1.807, 2.05) is 48.5 Å². The highest BCUT2D eigenvalue weighted by Crippen LogP contribution is 2.30. The zero-order valence-corrected chi connectivity index (χ0v) is 12.2. The van der Waals surface area contributed by atoms with Gasteiger partial charge < -0.3 is 10.5 Å². The van der Waals surface area contributed by atoms with Gasteiger partial charge in [0.05, 0.1) is 5.02 Å². The summed E-state index contributed by atoms with van der Waals surface area (Å²) >= 11 is 6.17. The molecule has 0 atom stereocenters. The van der Waals surface area contributed by atoms with Crippen LogP contribution < -0.4 is 10.5 Å². The Morgan fingerprint density at radius 1 is 1.00 bits per heavy atom. The van der Waals surface area contributed by atoms with Crippen LogP contribution in [0.4, 0.5) is 0 Å². The highest BCUT2D eigenvalue weighted by Gasteiger charge is 2.06. The van der Waals surface area contributed by atoms with Crippen LogP contribution >= 0.6 is 11.6 Å². The number of ether oxygens (including phenoxy) is 1. The van der Waals surface area contributed by atoms with Gasteiger partial charge in [-0.2, -0.15) is 0 Å². The van der Waals surface area contributed by atoms with E-state index < -0.39 is 0 Å². The van der Waals surface area contributed by atoms with E-state index in [1.54, 1.807) is 6.20 Å². The van der Waals surface area contributed by atoms with Gasteiger partial charge in [-0.1, -0.05) is 35.9 Å². The average Bonchev–Trinajstić information content (AvgIpc) is 2.55. The van der Waals surface area contributed by atoms with Gasteiger partial charge in [-0.05, 0) is 35.4 Å². The van der Waals surface area contributed by atoms with Crippen molar-refractivity contribution in [2.24, 2.45) is 5.73 Å². The van der Waals surface area contributed by atoms with Gasteiger partial charge in [0.2, 0.25) is 0 Å². The summed E-state index contributed by atoms with van der Waals surface area (Å²) < 4.78 is 5.88. The lowest BCUT2D eigenvalue weighted by molar-refractivity contribution is 0.309. The summed E-state index contributed by atoms with van der Waals surface area (Å²) in [6.45, 7) is 1.03. The van der Waals surface area contributed by atoms with Crippen LogP contribution in [0.3, 0.4) is 0 Å². The molecule has 0 aliphatic heterocycles. The number of pyridine rings is 1. The fourth-order valence-electron chi connectivity index (χ4n) is 2.16. The van der Waals surface area contributed by atoms with Gasteiger partial charge in [0, 0.05) is 18.1 Å². The molecule has 0 aliphatic carbocycles. The van der Waals surface area contributed by atoms with Crippen LogP contribution in [-0.2, 0) is 13.2 Å². The van der Waals surface area contributed by atoms with Gasteiger partial charge in [-0.25, -0.2) is 0 Å². The fourth-order valence-corrected chi connectivity index (χ4v) is 2.38. The first-order chi connectivity index (χ1) is 10.3. The predicted molar refractivity (Wildman–Crippen MR) is 85.4 cm³/mol. The molecule has 0 saturated heterocycles. The molecule has 0 aliphatic rings. The summed E-state index contributed by atoms with van der Waals surface area (Å²) in [6, 6.07) is 15.6. The lowest BCUT2D eigenvalue weighted by Crippen LogP contribution is -1.99. The molecule has 106 valence electrons. The molecule has 0 bridgehead atoms. The maximum Gasteiger partial charge on any atom is 0.146 e. The van der Waals surface area contributed by atoms with Crippen molar-refractivity contribution in [3.63, 3.8) is 0 Å². The highest BCUT2D eigenvalue weighted by atomic mass is 35.5. The molecule has 0 amide bonds. The minimum atomic E-state index is 0.484. The van der Waals surface area contributed by atoms with Crippen LogP contribution in [0, 0.1) is 0 Å². The Labute approximate surface area is 128 Å². The first-order valence-corrected chi connectivity index (χ1v) is 7.09. The molecule has 3 nitrogen and oxygen atoms in total. The molecule has 1 heterocycles. The standard InChI is InChI=1S/C17H15ClN2O/c18-15-7-8-16(17-14(15)2-1-9-20-17)21-11-13-5-3-12(10-19)4-6-13/h1-9H,10-11,19H2. The smallest absolute Gasteiger partial charge is 0.146 e. The molecular weight excluding hydrogens is 284 g/mol. The third kappa shape index (κ3) is 2.99. The molecule has 0 unspecified atom stereocenters. The van der Waals surface area contributed by atoms with Crippen LogP contribution in [-0.4, -0.2) is 4.98 Å². The van der Waals surface area contributed by atoms with Gasteiger partial charge >= 0.3 is 0 Å². The van der Waals surface area contributed by atoms with Gasteiger partial charge in [0.15, 0.2) is 0 Å². The Bertz CT molecular complexity index is 756. The van der Waals surface area contributed by atoms with E-state index >= 15 is 0 Å². The second-order valence-corrected chi connectivity index (χ2v) is 5.16. The van der Waals surface area contributed by atoms with E-state index in [9.17, 15) is 0 Å². The number of rotatable bonds is 4. The topological polar surface area (TPSA) is 48.1 Å². The van der Waals surface area contributed by atoms with Crippen LogP contribution in [0.15, 0.2) is 54.7 Å². The monoisotopic (exact) mass is 298 g/mol. The number of benzene rings is 2. The lowest BCUT2D eigenvalue weighted by atomic mass is 10.1. The second kappa shape index (κ2) is 6.12. The van der Waals surface area contributed by atoms with Crippen molar-refractivity contribution >= 4 is 22.5 Å². The fraction of sp³-hybridized carbons (Fsp3) is 0.118. The summed E-state index contributed by atoms with van der Waals surface area (Å²) in [5.74, 6) is 0.734. The summed E-state index contributed by atoms with van der Waals surface area (Å²) in [6.07, 6.45) is 1.74. The summed E-state index contributed by atoms with van der Waals surface area (Å²) in [5, 5.41) is 1.58. The third-order valence-electron chi connectivity index (χ3n) is 3.33. The van der Waals surface area contributed by atoms with Crippen LogP contribution in [0.2, 0.25) is 5.02 Å². The summed E-state index contributed by atoms with van der Waals surface area (Å²) in [7, 11) is 0. The maximum absolute atomic E-state index is 6.17. The third-order valence-corrected chi connectivity index (χ3v) is 3.66. The summed E-state index contributed by atoms with van der Waals surface area (Å²) in [5.41, 5.74) is 8.57. The van der Waals surface area contributed by atoms with Crippen molar-refractivity contribution in [3.8, 4) is 5.75 Å². The lowest BCUT2D eigenvalue weighted by Gasteiger charge is -2.10. The van der Waals surface area contributed by atoms with E-state index in [-0.39, 0.29) is 0 Å². The highest BCUT2D eigenvalue weighted by molar-refractivity contribution is 6.35. The molecule has 2 N–H and O–H groups in total. The Hall–Kier alpha value is -2.10. The van der Waals surface area contributed by atoms with Crippen molar-refractivity contribution in [2.45, 2.75) is 13.2 Å². The second-order valence-electron chi connectivity index (χ2n) is 4.75. The molecular formula is C17H15ClN2O. The van der Waals surface area contributed by atoms with Crippen LogP contribution in [0.5, 0.6) is 5.75 Å². The molecule has 1 aromatic heterocycles. The number of hydrogen-bond acceptors (Lipinski definition) is 3. The Morgan fingerprint density at radius 3 is 2.52 bits per heavy atom. The molecule has 21 heavy (non-hydrogen) atoms. The van der Waals surface area contributed by atoms with E-state index in [0.29, 0.717) is 18.2 Å². The van der Waals surface area contributed by atoms with E-state index in [2.05, 4.69) is 4.98 Å². The molecule has 0 spiro atoms. The SMILES string of the molecule is NCc1ccc(COc2ccc(Cl)c3cccnc23)cc1. The molecule has 3 rings (SSSR count). The van der Waals surface area contributed by atoms with Crippen molar-refractivity contribution < 1.29 is 4.74 Å². The Kier molecular flexibility index (Phi) is 4.04. The van der Waals surface area contributed by atoms with E-state index in [1.165, 1.54) is 0 Å². The predicted octanol–water partition coefficient (Wildman–Crippen LogP) is 3.93. The van der Waals surface area contributed by atoms with Gasteiger partial charge in [0.25, 0.3) is 0 Å². The average molecular weight is 299 g/mol. The number of aromatic nitrogens is 1. The molecule has 0 saturated carbocycles. The minimum Gasteiger partial charge on any atom is -0.487 e. The number of nitrogens with zero attached hydrogens (tertiary/aromatic N) is 1. The number of nitrogens with two attached hydrogens (primary N) is 1. The zero-order valence-electron chi connectivity index (χ0n) is 11.4. The quantitative estimate of drug-likeness (QED) is 0.794. The largest absolute Gasteiger partial charge is 0.487 e. The molecule has 0 radical (unpaired) electrons. The van der Waals surface area contributed by atoms with Gasteiger partial charge in [-0.15, -0.1) is 0 Å². The van der Waals surface area contributed by atoms with Crippen molar-refractivity contribution in [2.75, 3.05) is 0 Å². The molecule has 2 aromatic carbocycles. The number of halogens is 1. The van der Waals surface area contributed by atoms with Gasteiger partial charge in [0.1, 0.15) is 17.9 Å². The van der Waals surface area contributed by atoms with Gasteiger partial charge in [-0.3, -0.25) is 4.98 Å². The first kappa shape index (κ1) is 13.9. The normalized spacial score (nSPS) is 10.8. The molecule has 0 fully saturated rings. The van der Waals surface area contributed by atoms with Crippen LogP contribution in [0.25, 0.3) is 10.9 Å². The van der Waals surface area contributed by atoms with E-state index in [4.69, 9.17) is 22.1 Å². The maximum atomic E-state index is 6.17. The van der Waals surface area contributed by atoms with Crippen molar-refractivity contribution in [1.29, 1.82) is 0 Å². The van der Waals surface area contributed by atoms with Crippen molar-refractivity contribution in [3.05, 3.63) is 70.9 Å². The molecule has 4 heteroatoms. The van der Waals surface area contributed by atoms with Crippen LogP contribution in [0.1, 0.15) is 11.1 Å². The summed E-state index contributed by atoms with van der Waals surface area (Å²) in [4.78, 5) is 4.36. The Morgan fingerprint density at radius 2 is 1.76 bits per heavy atom. The molecule has 3 aromatic rings. The van der Waals surface area contributed by atoms with Crippen molar-refractivity contribution in [1.82, 2.24) is 4.98 Å². The number of fused-ring (bicyclic) bond motifs is 1. The van der Waals surface area contributed by atoms with E-state index in [0.717, 1.165) is 27.8 Å². The zero-order chi connectivity index (χ0) is 14.7. The first-order valence-electron chi connectivity index (χ1n) is 6.72. The Balaban J connectivity index is 1.83.